The Hall–Kier alpha value is -4.59. The Bertz CT molecular complexity index is 1760. The number of benzene rings is 3. The van der Waals surface area contributed by atoms with Crippen molar-refractivity contribution in [1.82, 2.24) is 4.90 Å². The van der Waals surface area contributed by atoms with E-state index in [2.05, 4.69) is 0 Å². The normalized spacial score (nSPS) is 12.0. The minimum absolute atomic E-state index is 0.000502. The maximum Gasteiger partial charge on any atom is 0.519 e. The van der Waals surface area contributed by atoms with Gasteiger partial charge in [0.25, 0.3) is 0 Å². The smallest absolute Gasteiger partial charge is 0.482 e. The lowest BCUT2D eigenvalue weighted by molar-refractivity contribution is -0.139. The van der Waals surface area contributed by atoms with Gasteiger partial charge in [-0.05, 0) is 73.0 Å². The summed E-state index contributed by atoms with van der Waals surface area (Å²) in [5.74, 6) is -1.63. The Labute approximate surface area is 256 Å². The molecule has 4 aromatic rings. The predicted octanol–water partition coefficient (Wildman–Crippen LogP) is 4.41. The number of aryl methyl sites for hydroxylation is 1. The van der Waals surface area contributed by atoms with Crippen molar-refractivity contribution in [3.63, 3.8) is 0 Å². The van der Waals surface area contributed by atoms with Gasteiger partial charge in [-0.3, -0.25) is 0 Å². The molecule has 0 radical (unpaired) electrons. The molecular weight excluding hydrogens is 618 g/mol. The highest BCUT2D eigenvalue weighted by Crippen LogP contribution is 2.24. The van der Waals surface area contributed by atoms with Gasteiger partial charge in [-0.2, -0.15) is 0 Å². The van der Waals surface area contributed by atoms with Crippen LogP contribution in [-0.2, 0) is 32.4 Å². The van der Waals surface area contributed by atoms with Gasteiger partial charge in [0.1, 0.15) is 5.75 Å². The fourth-order valence-electron chi connectivity index (χ4n) is 4.11. The lowest BCUT2D eigenvalue weighted by atomic mass is 10.1. The largest absolute Gasteiger partial charge is 0.519 e. The second kappa shape index (κ2) is 14.3. The van der Waals surface area contributed by atoms with E-state index in [0.717, 1.165) is 0 Å². The average Bonchev–Trinajstić information content (AvgIpc) is 3.33. The summed E-state index contributed by atoms with van der Waals surface area (Å²) in [4.78, 5) is 36.3. The van der Waals surface area contributed by atoms with Gasteiger partial charge < -0.3 is 33.4 Å². The number of carboxylic acid groups (broad SMARTS) is 1. The van der Waals surface area contributed by atoms with Crippen molar-refractivity contribution in [2.24, 2.45) is 0 Å². The number of amides is 1. The summed E-state index contributed by atoms with van der Waals surface area (Å²) in [5.41, 5.74) is 1.19. The van der Waals surface area contributed by atoms with Gasteiger partial charge in [0.2, 0.25) is 9.84 Å². The molecule has 0 bridgehead atoms. The minimum atomic E-state index is -3.87. The number of carbonyl (C=O) groups is 2. The summed E-state index contributed by atoms with van der Waals surface area (Å²) in [6.07, 6.45) is -1.60. The third kappa shape index (κ3) is 8.49. The number of hydrogen-bond donors (Lipinski definition) is 2. The Kier molecular flexibility index (Phi) is 10.5. The van der Waals surface area contributed by atoms with Crippen LogP contribution in [0.25, 0.3) is 0 Å². The lowest BCUT2D eigenvalue weighted by Crippen LogP contribution is -2.36. The van der Waals surface area contributed by atoms with Crippen LogP contribution in [0.4, 0.5) is 4.79 Å². The van der Waals surface area contributed by atoms with Crippen molar-refractivity contribution in [3.8, 4) is 5.75 Å². The van der Waals surface area contributed by atoms with E-state index in [0.29, 0.717) is 16.1 Å². The number of sulfone groups is 1. The van der Waals surface area contributed by atoms with Gasteiger partial charge in [0, 0.05) is 11.6 Å². The van der Waals surface area contributed by atoms with Crippen LogP contribution < -0.4 is 10.6 Å². The number of aliphatic hydroxyl groups is 1. The van der Waals surface area contributed by atoms with Crippen LogP contribution in [0.5, 0.6) is 5.75 Å². The topological polar surface area (TPSA) is 174 Å². The number of aliphatic hydroxyl groups excluding tert-OH is 1. The Morgan fingerprint density at radius 1 is 1.00 bits per heavy atom. The van der Waals surface area contributed by atoms with Gasteiger partial charge in [0.05, 0.1) is 22.4 Å². The molecule has 1 amide bonds. The molecule has 0 aliphatic heterocycles. The number of nitrogens with zero attached hydrogens (tertiary/aromatic N) is 1. The minimum Gasteiger partial charge on any atom is -0.482 e. The molecule has 0 aliphatic carbocycles. The molecule has 0 fully saturated rings. The van der Waals surface area contributed by atoms with Gasteiger partial charge in [-0.1, -0.05) is 35.9 Å². The maximum absolute atomic E-state index is 13.1. The van der Waals surface area contributed by atoms with E-state index in [1.165, 1.54) is 48.2 Å². The third-order valence-electron chi connectivity index (χ3n) is 6.45. The number of halogens is 1. The van der Waals surface area contributed by atoms with Crippen LogP contribution in [0.1, 0.15) is 28.8 Å². The van der Waals surface area contributed by atoms with Crippen LogP contribution >= 0.6 is 11.6 Å². The van der Waals surface area contributed by atoms with Crippen LogP contribution in [-0.4, -0.2) is 55.3 Å². The van der Waals surface area contributed by atoms with Crippen molar-refractivity contribution in [2.75, 3.05) is 19.7 Å². The molecule has 232 valence electrons. The zero-order valence-corrected chi connectivity index (χ0v) is 24.9. The molecule has 1 aromatic heterocycles. The highest BCUT2D eigenvalue weighted by molar-refractivity contribution is 7.91. The Morgan fingerprint density at radius 3 is 2.25 bits per heavy atom. The van der Waals surface area contributed by atoms with Crippen molar-refractivity contribution in [1.29, 1.82) is 0 Å². The molecule has 0 saturated carbocycles. The second-order valence-corrected chi connectivity index (χ2v) is 11.9. The van der Waals surface area contributed by atoms with Gasteiger partial charge >= 0.3 is 17.9 Å². The van der Waals surface area contributed by atoms with E-state index in [4.69, 9.17) is 35.0 Å². The molecule has 4 rings (SSSR count). The zero-order valence-electron chi connectivity index (χ0n) is 23.3. The first-order valence-corrected chi connectivity index (χ1v) is 15.0. The lowest BCUT2D eigenvalue weighted by Gasteiger charge is -2.25. The van der Waals surface area contributed by atoms with Crippen LogP contribution in [0.2, 0.25) is 5.02 Å². The van der Waals surface area contributed by atoms with E-state index in [1.807, 2.05) is 0 Å². The van der Waals surface area contributed by atoms with Crippen LogP contribution in [0, 0.1) is 6.92 Å². The number of rotatable bonds is 13. The summed E-state index contributed by atoms with van der Waals surface area (Å²) in [5, 5.41) is 20.0. The van der Waals surface area contributed by atoms with E-state index >= 15 is 0 Å². The molecule has 12 nitrogen and oxygen atoms in total. The monoisotopic (exact) mass is 645 g/mol. The first-order valence-electron chi connectivity index (χ1n) is 13.2. The average molecular weight is 646 g/mol. The molecule has 3 aromatic carbocycles. The SMILES string of the molecule is Cc1oc(=O)oc1COC(=O)N(CCc1ccc(S(=O)(=O)c2ccc(OCC(=O)O)cc2)cc1)CC(O)c1cccc(Cl)c1. The van der Waals surface area contributed by atoms with Gasteiger partial charge in [-0.25, -0.2) is 22.8 Å². The first kappa shape index (κ1) is 32.3. The molecule has 14 heteroatoms. The highest BCUT2D eigenvalue weighted by atomic mass is 35.5. The van der Waals surface area contributed by atoms with Crippen molar-refractivity contribution >= 4 is 33.5 Å². The second-order valence-electron chi connectivity index (χ2n) is 9.56. The number of carboxylic acids is 1. The maximum atomic E-state index is 13.1. The Balaban J connectivity index is 1.44. The van der Waals surface area contributed by atoms with Crippen molar-refractivity contribution < 1.29 is 46.5 Å². The molecular formula is C30H28ClNO11S. The highest BCUT2D eigenvalue weighted by Gasteiger charge is 2.23. The number of carbonyl (C=O) groups excluding carboxylic acids is 1. The van der Waals surface area contributed by atoms with Crippen LogP contribution in [0.15, 0.2) is 96.2 Å². The van der Waals surface area contributed by atoms with E-state index in [1.54, 1.807) is 36.4 Å². The molecule has 1 atom stereocenters. The van der Waals surface area contributed by atoms with E-state index < -0.39 is 40.4 Å². The fourth-order valence-corrected chi connectivity index (χ4v) is 5.57. The molecule has 44 heavy (non-hydrogen) atoms. The van der Waals surface area contributed by atoms with Crippen LogP contribution in [0.3, 0.4) is 0 Å². The zero-order chi connectivity index (χ0) is 31.9. The van der Waals surface area contributed by atoms with Crippen molar-refractivity contribution in [2.45, 2.75) is 35.8 Å². The Morgan fingerprint density at radius 2 is 1.66 bits per heavy atom. The molecule has 0 aliphatic rings. The summed E-state index contributed by atoms with van der Waals surface area (Å²) in [6, 6.07) is 18.1. The molecule has 1 heterocycles. The molecule has 2 N–H and O–H groups in total. The van der Waals surface area contributed by atoms with Crippen molar-refractivity contribution in [3.05, 3.63) is 111 Å². The van der Waals surface area contributed by atoms with E-state index in [-0.39, 0.29) is 53.2 Å². The van der Waals surface area contributed by atoms with Gasteiger partial charge in [0.15, 0.2) is 24.7 Å². The third-order valence-corrected chi connectivity index (χ3v) is 8.47. The van der Waals surface area contributed by atoms with E-state index in [9.17, 15) is 27.9 Å². The molecule has 0 saturated heterocycles. The summed E-state index contributed by atoms with van der Waals surface area (Å²) >= 11 is 6.05. The standard InChI is InChI=1S/C30H28ClNO11S/c1-19-27(43-30(37)42-19)17-41-29(36)32(16-26(33)21-3-2-4-22(31)15-21)14-13-20-5-9-24(10-6-20)44(38,39)25-11-7-23(8-12-25)40-18-28(34)35/h2-12,15,26,33H,13-14,16-18H2,1H3,(H,34,35). The molecule has 1 unspecified atom stereocenters. The predicted molar refractivity (Wildman–Crippen MR) is 155 cm³/mol. The summed E-state index contributed by atoms with van der Waals surface area (Å²) in [6.45, 7) is 0.523. The quantitative estimate of drug-likeness (QED) is 0.211. The summed E-state index contributed by atoms with van der Waals surface area (Å²) in [7, 11) is -3.87. The summed E-state index contributed by atoms with van der Waals surface area (Å²) < 4.78 is 46.2. The molecule has 0 spiro atoms. The first-order chi connectivity index (χ1) is 20.9. The number of aliphatic carboxylic acids is 1. The van der Waals surface area contributed by atoms with Gasteiger partial charge in [-0.15, -0.1) is 0 Å². The number of ether oxygens (including phenoxy) is 2. The fraction of sp³-hybridized carbons (Fsp3) is 0.233. The number of hydrogen-bond acceptors (Lipinski definition) is 10.